The molecule has 5 nitrogen and oxygen atoms in total. The first kappa shape index (κ1) is 14.5. The van der Waals surface area contributed by atoms with Gasteiger partial charge in [0.25, 0.3) is 5.69 Å². The minimum absolute atomic E-state index is 0.140. The van der Waals surface area contributed by atoms with Gasteiger partial charge < -0.3 is 10.6 Å². The highest BCUT2D eigenvalue weighted by Crippen LogP contribution is 2.36. The molecule has 1 unspecified atom stereocenters. The fraction of sp³-hybridized carbons (Fsp3) is 0.294. The highest BCUT2D eigenvalue weighted by molar-refractivity contribution is 5.58. The van der Waals surface area contributed by atoms with E-state index in [1.165, 1.54) is 5.56 Å². The second kappa shape index (κ2) is 6.15. The molecule has 0 saturated carbocycles. The molecule has 0 amide bonds. The fourth-order valence-electron chi connectivity index (χ4n) is 3.24. The van der Waals surface area contributed by atoms with Crippen molar-refractivity contribution in [2.24, 2.45) is 5.73 Å². The maximum Gasteiger partial charge on any atom is 0.274 e. The van der Waals surface area contributed by atoms with Gasteiger partial charge in [0.1, 0.15) is 0 Å². The van der Waals surface area contributed by atoms with E-state index in [9.17, 15) is 10.1 Å². The molecule has 0 saturated heterocycles. The molecule has 114 valence electrons. The smallest absolute Gasteiger partial charge is 0.274 e. The molecular weight excluding hydrogens is 278 g/mol. The van der Waals surface area contributed by atoms with Crippen molar-refractivity contribution in [1.82, 2.24) is 0 Å². The van der Waals surface area contributed by atoms with Crippen molar-refractivity contribution < 1.29 is 4.92 Å². The van der Waals surface area contributed by atoms with E-state index < -0.39 is 0 Å². The number of nitrogens with two attached hydrogens (primary N) is 1. The molecule has 5 heteroatoms. The molecule has 0 bridgehead atoms. The lowest BCUT2D eigenvalue weighted by Gasteiger charge is -2.37. The molecule has 1 heterocycles. The zero-order valence-corrected chi connectivity index (χ0v) is 12.3. The van der Waals surface area contributed by atoms with Gasteiger partial charge >= 0.3 is 0 Å². The van der Waals surface area contributed by atoms with Crippen molar-refractivity contribution in [2.75, 3.05) is 18.0 Å². The van der Waals surface area contributed by atoms with Gasteiger partial charge in [-0.05, 0) is 24.5 Å². The van der Waals surface area contributed by atoms with Crippen LogP contribution in [0.1, 0.15) is 23.6 Å². The SMILES string of the molecule is NCC(c1ccccc1[N+](=O)[O-])N1CCCc2ccccc21. The minimum Gasteiger partial charge on any atom is -0.363 e. The number of rotatable bonds is 4. The summed E-state index contributed by atoms with van der Waals surface area (Å²) >= 11 is 0. The van der Waals surface area contributed by atoms with Gasteiger partial charge in [-0.15, -0.1) is 0 Å². The van der Waals surface area contributed by atoms with E-state index in [0.717, 1.165) is 25.1 Å². The molecule has 22 heavy (non-hydrogen) atoms. The molecule has 0 fully saturated rings. The Balaban J connectivity index is 2.05. The first-order valence-corrected chi connectivity index (χ1v) is 7.50. The monoisotopic (exact) mass is 297 g/mol. The van der Waals surface area contributed by atoms with Crippen molar-refractivity contribution in [2.45, 2.75) is 18.9 Å². The van der Waals surface area contributed by atoms with E-state index in [1.54, 1.807) is 12.1 Å². The number of hydrogen-bond acceptors (Lipinski definition) is 4. The van der Waals surface area contributed by atoms with E-state index in [-0.39, 0.29) is 16.7 Å². The molecule has 0 aromatic heterocycles. The standard InChI is InChI=1S/C17H19N3O2/c18-12-17(14-8-2-4-10-16(14)20(21)22)19-11-5-7-13-6-1-3-9-15(13)19/h1-4,6,8-10,17H,5,7,11-12,18H2. The maximum atomic E-state index is 11.3. The van der Waals surface area contributed by atoms with E-state index in [2.05, 4.69) is 17.0 Å². The summed E-state index contributed by atoms with van der Waals surface area (Å²) in [7, 11) is 0. The summed E-state index contributed by atoms with van der Waals surface area (Å²) < 4.78 is 0. The van der Waals surface area contributed by atoms with Gasteiger partial charge in [0, 0.05) is 24.8 Å². The number of para-hydroxylation sites is 2. The lowest BCUT2D eigenvalue weighted by atomic mass is 9.96. The van der Waals surface area contributed by atoms with Gasteiger partial charge in [-0.3, -0.25) is 10.1 Å². The molecule has 2 aromatic rings. The van der Waals surface area contributed by atoms with E-state index in [1.807, 2.05) is 24.3 Å². The van der Waals surface area contributed by atoms with Crippen LogP contribution in [0.3, 0.4) is 0 Å². The quantitative estimate of drug-likeness (QED) is 0.695. The largest absolute Gasteiger partial charge is 0.363 e. The first-order chi connectivity index (χ1) is 10.7. The lowest BCUT2D eigenvalue weighted by Crippen LogP contribution is -2.37. The topological polar surface area (TPSA) is 72.4 Å². The van der Waals surface area contributed by atoms with Crippen LogP contribution in [0.5, 0.6) is 0 Å². The van der Waals surface area contributed by atoms with Gasteiger partial charge in [0.05, 0.1) is 16.5 Å². The average Bonchev–Trinajstić information content (AvgIpc) is 2.56. The first-order valence-electron chi connectivity index (χ1n) is 7.50. The summed E-state index contributed by atoms with van der Waals surface area (Å²) in [6, 6.07) is 14.9. The number of hydrogen-bond donors (Lipinski definition) is 1. The van der Waals surface area contributed by atoms with E-state index in [4.69, 9.17) is 5.73 Å². The average molecular weight is 297 g/mol. The normalized spacial score (nSPS) is 15.2. The maximum absolute atomic E-state index is 11.3. The number of nitro benzene ring substituents is 1. The number of benzene rings is 2. The predicted octanol–water partition coefficient (Wildman–Crippen LogP) is 3.05. The molecule has 0 radical (unpaired) electrons. The van der Waals surface area contributed by atoms with Crippen LogP contribution in [0.15, 0.2) is 48.5 Å². The number of aryl methyl sites for hydroxylation is 1. The fourth-order valence-corrected chi connectivity index (χ4v) is 3.24. The molecule has 2 N–H and O–H groups in total. The molecular formula is C17H19N3O2. The van der Waals surface area contributed by atoms with E-state index >= 15 is 0 Å². The lowest BCUT2D eigenvalue weighted by molar-refractivity contribution is -0.385. The van der Waals surface area contributed by atoms with Crippen molar-refractivity contribution >= 4 is 11.4 Å². The predicted molar refractivity (Wildman–Crippen MR) is 87.0 cm³/mol. The Morgan fingerprint density at radius 1 is 1.18 bits per heavy atom. The Labute approximate surface area is 129 Å². The zero-order chi connectivity index (χ0) is 15.5. The third kappa shape index (κ3) is 2.55. The van der Waals surface area contributed by atoms with Crippen LogP contribution in [-0.4, -0.2) is 18.0 Å². The van der Waals surface area contributed by atoms with Crippen molar-refractivity contribution in [3.8, 4) is 0 Å². The Morgan fingerprint density at radius 2 is 1.91 bits per heavy atom. The van der Waals surface area contributed by atoms with Crippen LogP contribution in [0.4, 0.5) is 11.4 Å². The molecule has 0 spiro atoms. The van der Waals surface area contributed by atoms with Crippen molar-refractivity contribution in [3.05, 3.63) is 69.8 Å². The van der Waals surface area contributed by atoms with Gasteiger partial charge in [0.15, 0.2) is 0 Å². The van der Waals surface area contributed by atoms with Crippen LogP contribution in [0.2, 0.25) is 0 Å². The van der Waals surface area contributed by atoms with E-state index in [0.29, 0.717) is 12.1 Å². The number of anilines is 1. The third-order valence-electron chi connectivity index (χ3n) is 4.24. The molecule has 0 aliphatic carbocycles. The third-order valence-corrected chi connectivity index (χ3v) is 4.24. The zero-order valence-electron chi connectivity index (χ0n) is 12.3. The number of nitro groups is 1. The number of fused-ring (bicyclic) bond motifs is 1. The molecule has 1 atom stereocenters. The van der Waals surface area contributed by atoms with Gasteiger partial charge in [0.2, 0.25) is 0 Å². The van der Waals surface area contributed by atoms with Crippen molar-refractivity contribution in [1.29, 1.82) is 0 Å². The molecule has 3 rings (SSSR count). The highest BCUT2D eigenvalue weighted by atomic mass is 16.6. The second-order valence-corrected chi connectivity index (χ2v) is 5.49. The van der Waals surface area contributed by atoms with Crippen LogP contribution >= 0.6 is 0 Å². The minimum atomic E-state index is -0.326. The van der Waals surface area contributed by atoms with Gasteiger partial charge in [-0.1, -0.05) is 36.4 Å². The van der Waals surface area contributed by atoms with Gasteiger partial charge in [-0.2, -0.15) is 0 Å². The summed E-state index contributed by atoms with van der Waals surface area (Å²) in [6.07, 6.45) is 2.08. The second-order valence-electron chi connectivity index (χ2n) is 5.49. The molecule has 2 aromatic carbocycles. The Bertz CT molecular complexity index is 687. The summed E-state index contributed by atoms with van der Waals surface area (Å²) in [6.45, 7) is 1.21. The van der Waals surface area contributed by atoms with Crippen molar-refractivity contribution in [3.63, 3.8) is 0 Å². The Morgan fingerprint density at radius 3 is 2.68 bits per heavy atom. The summed E-state index contributed by atoms with van der Waals surface area (Å²) in [5.41, 5.74) is 9.25. The van der Waals surface area contributed by atoms with Crippen LogP contribution in [-0.2, 0) is 6.42 Å². The van der Waals surface area contributed by atoms with Crippen LogP contribution < -0.4 is 10.6 Å². The summed E-state index contributed by atoms with van der Waals surface area (Å²) in [5.74, 6) is 0. The Kier molecular flexibility index (Phi) is 4.06. The number of nitrogens with zero attached hydrogens (tertiary/aromatic N) is 2. The molecule has 1 aliphatic heterocycles. The summed E-state index contributed by atoms with van der Waals surface area (Å²) in [4.78, 5) is 13.2. The van der Waals surface area contributed by atoms with Crippen LogP contribution in [0.25, 0.3) is 0 Å². The Hall–Kier alpha value is -2.40. The molecule has 1 aliphatic rings. The highest BCUT2D eigenvalue weighted by Gasteiger charge is 2.28. The summed E-state index contributed by atoms with van der Waals surface area (Å²) in [5, 5.41) is 11.3. The van der Waals surface area contributed by atoms with Crippen LogP contribution in [0, 0.1) is 10.1 Å². The van der Waals surface area contributed by atoms with Gasteiger partial charge in [-0.25, -0.2) is 0 Å².